The standard InChI is InChI=1S/C14H20O3/c1-9-10(2)16-11(3)13(9)14(15)17-12-7-5-4-6-8-12/h12H,4-8H2,1-3H3. The van der Waals surface area contributed by atoms with Crippen molar-refractivity contribution in [3.8, 4) is 0 Å². The first-order valence-electron chi connectivity index (χ1n) is 6.37. The van der Waals surface area contributed by atoms with E-state index < -0.39 is 0 Å². The van der Waals surface area contributed by atoms with E-state index in [2.05, 4.69) is 0 Å². The number of esters is 1. The Labute approximate surface area is 102 Å². The van der Waals surface area contributed by atoms with Gasteiger partial charge in [0.1, 0.15) is 23.2 Å². The minimum Gasteiger partial charge on any atom is -0.465 e. The maximum absolute atomic E-state index is 12.1. The van der Waals surface area contributed by atoms with Crippen molar-refractivity contribution >= 4 is 5.97 Å². The Kier molecular flexibility index (Phi) is 3.55. The fraction of sp³-hybridized carbons (Fsp3) is 0.643. The Morgan fingerprint density at radius 2 is 1.76 bits per heavy atom. The van der Waals surface area contributed by atoms with Crippen LogP contribution < -0.4 is 0 Å². The Balaban J connectivity index is 2.08. The third-order valence-corrected chi connectivity index (χ3v) is 3.59. The predicted molar refractivity (Wildman–Crippen MR) is 65.2 cm³/mol. The Bertz CT molecular complexity index is 411. The van der Waals surface area contributed by atoms with E-state index in [4.69, 9.17) is 9.15 Å². The summed E-state index contributed by atoms with van der Waals surface area (Å²) < 4.78 is 11.0. The van der Waals surface area contributed by atoms with Crippen molar-refractivity contribution in [3.63, 3.8) is 0 Å². The molecule has 3 nitrogen and oxygen atoms in total. The molecule has 1 aliphatic rings. The van der Waals surface area contributed by atoms with Crippen LogP contribution in [0.4, 0.5) is 0 Å². The van der Waals surface area contributed by atoms with Crippen molar-refractivity contribution in [2.24, 2.45) is 0 Å². The van der Waals surface area contributed by atoms with Crippen LogP contribution in [0.25, 0.3) is 0 Å². The van der Waals surface area contributed by atoms with Gasteiger partial charge in [0.15, 0.2) is 0 Å². The number of carbonyl (C=O) groups excluding carboxylic acids is 1. The zero-order valence-electron chi connectivity index (χ0n) is 10.8. The highest BCUT2D eigenvalue weighted by Gasteiger charge is 2.24. The lowest BCUT2D eigenvalue weighted by Gasteiger charge is -2.21. The highest BCUT2D eigenvalue weighted by Crippen LogP contribution is 2.25. The van der Waals surface area contributed by atoms with Gasteiger partial charge in [-0.1, -0.05) is 6.42 Å². The lowest BCUT2D eigenvalue weighted by Crippen LogP contribution is -2.21. The Hall–Kier alpha value is -1.25. The van der Waals surface area contributed by atoms with E-state index in [0.717, 1.165) is 24.2 Å². The largest absolute Gasteiger partial charge is 0.465 e. The van der Waals surface area contributed by atoms with Gasteiger partial charge >= 0.3 is 5.97 Å². The van der Waals surface area contributed by atoms with Crippen LogP contribution in [-0.4, -0.2) is 12.1 Å². The summed E-state index contributed by atoms with van der Waals surface area (Å²) in [5.41, 5.74) is 1.52. The van der Waals surface area contributed by atoms with Crippen molar-refractivity contribution in [1.82, 2.24) is 0 Å². The summed E-state index contributed by atoms with van der Waals surface area (Å²) in [5, 5.41) is 0. The van der Waals surface area contributed by atoms with E-state index in [-0.39, 0.29) is 12.1 Å². The topological polar surface area (TPSA) is 39.4 Å². The first-order valence-corrected chi connectivity index (χ1v) is 6.37. The van der Waals surface area contributed by atoms with Gasteiger partial charge < -0.3 is 9.15 Å². The molecule has 0 aliphatic heterocycles. The molecule has 0 unspecified atom stereocenters. The van der Waals surface area contributed by atoms with Crippen molar-refractivity contribution in [3.05, 3.63) is 22.6 Å². The van der Waals surface area contributed by atoms with Gasteiger partial charge in [0, 0.05) is 5.56 Å². The second kappa shape index (κ2) is 4.94. The van der Waals surface area contributed by atoms with Gasteiger partial charge in [-0.05, 0) is 46.5 Å². The summed E-state index contributed by atoms with van der Waals surface area (Å²) in [6, 6.07) is 0. The lowest BCUT2D eigenvalue weighted by atomic mass is 9.98. The molecule has 17 heavy (non-hydrogen) atoms. The van der Waals surface area contributed by atoms with Crippen LogP contribution in [0, 0.1) is 20.8 Å². The third-order valence-electron chi connectivity index (χ3n) is 3.59. The normalized spacial score (nSPS) is 17.1. The predicted octanol–water partition coefficient (Wildman–Crippen LogP) is 3.69. The van der Waals surface area contributed by atoms with E-state index in [1.807, 2.05) is 20.8 Å². The van der Waals surface area contributed by atoms with Gasteiger partial charge in [0.2, 0.25) is 0 Å². The zero-order valence-corrected chi connectivity index (χ0v) is 10.8. The average molecular weight is 236 g/mol. The fourth-order valence-electron chi connectivity index (χ4n) is 2.49. The molecule has 1 saturated carbocycles. The number of furan rings is 1. The van der Waals surface area contributed by atoms with Crippen LogP contribution >= 0.6 is 0 Å². The molecule has 2 rings (SSSR count). The van der Waals surface area contributed by atoms with Gasteiger partial charge in [-0.3, -0.25) is 0 Å². The molecule has 0 aromatic carbocycles. The molecule has 0 atom stereocenters. The molecule has 1 aromatic rings. The maximum atomic E-state index is 12.1. The van der Waals surface area contributed by atoms with Crippen LogP contribution in [-0.2, 0) is 4.74 Å². The van der Waals surface area contributed by atoms with Crippen LogP contribution in [0.15, 0.2) is 4.42 Å². The molecule has 0 saturated heterocycles. The first-order chi connectivity index (χ1) is 8.09. The quantitative estimate of drug-likeness (QED) is 0.735. The van der Waals surface area contributed by atoms with E-state index in [1.54, 1.807) is 0 Å². The molecule has 0 N–H and O–H groups in total. The van der Waals surface area contributed by atoms with Gasteiger partial charge in [0.25, 0.3) is 0 Å². The van der Waals surface area contributed by atoms with Crippen molar-refractivity contribution in [2.75, 3.05) is 0 Å². The summed E-state index contributed by atoms with van der Waals surface area (Å²) in [7, 11) is 0. The number of aryl methyl sites for hydroxylation is 2. The summed E-state index contributed by atoms with van der Waals surface area (Å²) in [5.74, 6) is 1.25. The molecule has 0 spiro atoms. The smallest absolute Gasteiger partial charge is 0.342 e. The third kappa shape index (κ3) is 2.54. The van der Waals surface area contributed by atoms with Crippen molar-refractivity contribution in [2.45, 2.75) is 59.0 Å². The summed E-state index contributed by atoms with van der Waals surface area (Å²) >= 11 is 0. The number of carbonyl (C=O) groups is 1. The zero-order chi connectivity index (χ0) is 12.4. The number of rotatable bonds is 2. The SMILES string of the molecule is Cc1oc(C)c(C(=O)OC2CCCCC2)c1C. The minimum absolute atomic E-state index is 0.102. The second-order valence-corrected chi connectivity index (χ2v) is 4.88. The van der Waals surface area contributed by atoms with Crippen molar-refractivity contribution in [1.29, 1.82) is 0 Å². The minimum atomic E-state index is -0.219. The molecule has 0 amide bonds. The monoisotopic (exact) mass is 236 g/mol. The number of hydrogen-bond acceptors (Lipinski definition) is 3. The molecule has 1 heterocycles. The molecule has 1 fully saturated rings. The van der Waals surface area contributed by atoms with E-state index >= 15 is 0 Å². The number of hydrogen-bond donors (Lipinski definition) is 0. The van der Waals surface area contributed by atoms with Crippen LogP contribution in [0.3, 0.4) is 0 Å². The van der Waals surface area contributed by atoms with Crippen LogP contribution in [0.1, 0.15) is 59.5 Å². The van der Waals surface area contributed by atoms with E-state index in [9.17, 15) is 4.79 Å². The van der Waals surface area contributed by atoms with E-state index in [1.165, 1.54) is 19.3 Å². The van der Waals surface area contributed by atoms with Crippen molar-refractivity contribution < 1.29 is 13.9 Å². The van der Waals surface area contributed by atoms with Gasteiger partial charge in [-0.2, -0.15) is 0 Å². The first kappa shape index (κ1) is 12.2. The van der Waals surface area contributed by atoms with E-state index in [0.29, 0.717) is 11.3 Å². The summed E-state index contributed by atoms with van der Waals surface area (Å²) in [6.07, 6.45) is 5.70. The summed E-state index contributed by atoms with van der Waals surface area (Å²) in [6.45, 7) is 5.60. The van der Waals surface area contributed by atoms with Gasteiger partial charge in [-0.25, -0.2) is 4.79 Å². The fourth-order valence-corrected chi connectivity index (χ4v) is 2.49. The van der Waals surface area contributed by atoms with Crippen LogP contribution in [0.2, 0.25) is 0 Å². The molecule has 1 aliphatic carbocycles. The second-order valence-electron chi connectivity index (χ2n) is 4.88. The molecule has 0 bridgehead atoms. The van der Waals surface area contributed by atoms with Crippen LogP contribution in [0.5, 0.6) is 0 Å². The molecular weight excluding hydrogens is 216 g/mol. The maximum Gasteiger partial charge on any atom is 0.342 e. The summed E-state index contributed by atoms with van der Waals surface area (Å²) in [4.78, 5) is 12.1. The number of ether oxygens (including phenoxy) is 1. The lowest BCUT2D eigenvalue weighted by molar-refractivity contribution is 0.0208. The Morgan fingerprint density at radius 3 is 2.29 bits per heavy atom. The molecule has 94 valence electrons. The molecule has 0 radical (unpaired) electrons. The highest BCUT2D eigenvalue weighted by atomic mass is 16.5. The molecule has 3 heteroatoms. The highest BCUT2D eigenvalue weighted by molar-refractivity contribution is 5.92. The Morgan fingerprint density at radius 1 is 1.12 bits per heavy atom. The average Bonchev–Trinajstić information content (AvgIpc) is 2.54. The molecular formula is C14H20O3. The van der Waals surface area contributed by atoms with Gasteiger partial charge in [-0.15, -0.1) is 0 Å². The van der Waals surface area contributed by atoms with Gasteiger partial charge in [0.05, 0.1) is 0 Å². The molecule has 1 aromatic heterocycles.